The molecule has 1 atom stereocenters. The van der Waals surface area contributed by atoms with Crippen molar-refractivity contribution in [3.63, 3.8) is 0 Å². The summed E-state index contributed by atoms with van der Waals surface area (Å²) >= 11 is 0. The molecular formula is C20H25FN4O2. The lowest BCUT2D eigenvalue weighted by Crippen LogP contribution is -2.42. The maximum absolute atomic E-state index is 13.1. The Hall–Kier alpha value is -2.25. The van der Waals surface area contributed by atoms with Crippen molar-refractivity contribution in [2.45, 2.75) is 38.5 Å². The maximum Gasteiger partial charge on any atom is 0.223 e. The van der Waals surface area contributed by atoms with Gasteiger partial charge in [-0.05, 0) is 36.7 Å². The first-order valence-electron chi connectivity index (χ1n) is 9.60. The number of carbonyl (C=O) groups excluding carboxylic acids is 1. The molecular weight excluding hydrogens is 347 g/mol. The van der Waals surface area contributed by atoms with Crippen molar-refractivity contribution in [1.29, 1.82) is 0 Å². The molecule has 4 rings (SSSR count). The van der Waals surface area contributed by atoms with E-state index in [9.17, 15) is 9.18 Å². The van der Waals surface area contributed by atoms with Crippen molar-refractivity contribution >= 4 is 5.91 Å². The Balaban J connectivity index is 1.33. The normalized spacial score (nSPS) is 20.2. The smallest absolute Gasteiger partial charge is 0.223 e. The molecule has 1 N–H and O–H groups in total. The van der Waals surface area contributed by atoms with Crippen LogP contribution in [0.15, 0.2) is 30.3 Å². The number of nitrogens with one attached hydrogen (secondary N) is 1. The van der Waals surface area contributed by atoms with Crippen LogP contribution in [-0.4, -0.2) is 46.8 Å². The number of ether oxygens (including phenoxy) is 1. The molecule has 2 aromatic rings. The fraction of sp³-hybridized carbons (Fsp3) is 0.500. The van der Waals surface area contributed by atoms with Gasteiger partial charge in [0.15, 0.2) is 0 Å². The largest absolute Gasteiger partial charge is 0.370 e. The molecule has 1 amide bonds. The number of nitrogens with zero attached hydrogens (tertiary/aromatic N) is 3. The quantitative estimate of drug-likeness (QED) is 0.892. The lowest BCUT2D eigenvalue weighted by molar-refractivity contribution is -0.139. The zero-order chi connectivity index (χ0) is 18.6. The van der Waals surface area contributed by atoms with Gasteiger partial charge in [0.05, 0.1) is 24.5 Å². The highest BCUT2D eigenvalue weighted by Crippen LogP contribution is 2.23. The molecule has 1 fully saturated rings. The molecule has 0 bridgehead atoms. The van der Waals surface area contributed by atoms with Gasteiger partial charge in [-0.1, -0.05) is 12.1 Å². The number of benzene rings is 1. The summed E-state index contributed by atoms with van der Waals surface area (Å²) in [7, 11) is 0. The Morgan fingerprint density at radius 2 is 2.15 bits per heavy atom. The second-order valence-corrected chi connectivity index (χ2v) is 7.13. The molecule has 2 aliphatic heterocycles. The highest BCUT2D eigenvalue weighted by atomic mass is 19.1. The van der Waals surface area contributed by atoms with Crippen LogP contribution in [0.5, 0.6) is 0 Å². The number of rotatable bonds is 4. The van der Waals surface area contributed by atoms with Crippen molar-refractivity contribution in [3.8, 4) is 0 Å². The third-order valence-corrected chi connectivity index (χ3v) is 5.20. The number of hydrogen-bond donors (Lipinski definition) is 1. The molecule has 1 aromatic heterocycles. The lowest BCUT2D eigenvalue weighted by atomic mass is 10.1. The average Bonchev–Trinajstić information content (AvgIpc) is 2.96. The topological polar surface area (TPSA) is 59.4 Å². The summed E-state index contributed by atoms with van der Waals surface area (Å²) in [5.41, 5.74) is 3.07. The minimum absolute atomic E-state index is 0.117. The van der Waals surface area contributed by atoms with E-state index in [2.05, 4.69) is 21.2 Å². The van der Waals surface area contributed by atoms with Crippen molar-refractivity contribution in [3.05, 3.63) is 53.1 Å². The maximum atomic E-state index is 13.1. The molecule has 2 aliphatic rings. The highest BCUT2D eigenvalue weighted by Gasteiger charge is 2.25. The Kier molecular flexibility index (Phi) is 5.50. The summed E-state index contributed by atoms with van der Waals surface area (Å²) in [6.45, 7) is 4.39. The van der Waals surface area contributed by atoms with Gasteiger partial charge < -0.3 is 15.0 Å². The van der Waals surface area contributed by atoms with Gasteiger partial charge in [-0.15, -0.1) is 0 Å². The van der Waals surface area contributed by atoms with Crippen LogP contribution in [0.4, 0.5) is 4.39 Å². The second kappa shape index (κ2) is 8.19. The first-order valence-corrected chi connectivity index (χ1v) is 9.60. The lowest BCUT2D eigenvalue weighted by Gasteiger charge is -2.33. The van der Waals surface area contributed by atoms with E-state index in [-0.39, 0.29) is 17.8 Å². The summed E-state index contributed by atoms with van der Waals surface area (Å²) < 4.78 is 20.9. The van der Waals surface area contributed by atoms with Crippen LogP contribution in [0.3, 0.4) is 0 Å². The van der Waals surface area contributed by atoms with Crippen LogP contribution in [0.1, 0.15) is 35.9 Å². The standard InChI is InChI=1S/C20H25FN4O2/c21-16-4-2-15(3-5-16)19-14-24(10-11-27-19)20(26)7-6-17-12-18-13-22-8-1-9-25(18)23-17/h2-5,12,19,22H,1,6-11,13-14H2/t19-/m1/s1. The van der Waals surface area contributed by atoms with Crippen molar-refractivity contribution in [2.75, 3.05) is 26.2 Å². The number of aryl methyl sites for hydroxylation is 2. The molecule has 7 heteroatoms. The molecule has 1 saturated heterocycles. The first-order chi connectivity index (χ1) is 13.2. The SMILES string of the molecule is O=C(CCc1cc2n(n1)CCCNC2)N1CCO[C@@H](c2ccc(F)cc2)C1. The number of halogens is 1. The molecule has 0 radical (unpaired) electrons. The molecule has 144 valence electrons. The van der Waals surface area contributed by atoms with Crippen molar-refractivity contribution < 1.29 is 13.9 Å². The van der Waals surface area contributed by atoms with Crippen LogP contribution in [0, 0.1) is 5.82 Å². The van der Waals surface area contributed by atoms with E-state index in [4.69, 9.17) is 4.74 Å². The van der Waals surface area contributed by atoms with Gasteiger partial charge in [-0.25, -0.2) is 4.39 Å². The Bertz CT molecular complexity index is 766. The summed E-state index contributed by atoms with van der Waals surface area (Å²) in [6.07, 6.45) is 1.97. The number of hydrogen-bond acceptors (Lipinski definition) is 4. The van der Waals surface area contributed by atoms with Gasteiger partial charge in [0, 0.05) is 32.5 Å². The molecule has 1 aromatic carbocycles. The Labute approximate surface area is 158 Å². The predicted octanol–water partition coefficient (Wildman–Crippen LogP) is 2.05. The molecule has 0 unspecified atom stereocenters. The molecule has 0 aliphatic carbocycles. The highest BCUT2D eigenvalue weighted by molar-refractivity contribution is 5.76. The monoisotopic (exact) mass is 372 g/mol. The first kappa shape index (κ1) is 18.1. The number of carbonyl (C=O) groups is 1. The van der Waals surface area contributed by atoms with Gasteiger partial charge in [0.25, 0.3) is 0 Å². The van der Waals surface area contributed by atoms with Gasteiger partial charge in [0.1, 0.15) is 11.9 Å². The molecule has 27 heavy (non-hydrogen) atoms. The van der Waals surface area contributed by atoms with Gasteiger partial charge in [-0.2, -0.15) is 5.10 Å². The van der Waals surface area contributed by atoms with E-state index in [1.54, 1.807) is 12.1 Å². The van der Waals surface area contributed by atoms with Gasteiger partial charge >= 0.3 is 0 Å². The summed E-state index contributed by atoms with van der Waals surface area (Å²) in [4.78, 5) is 14.5. The second-order valence-electron chi connectivity index (χ2n) is 7.13. The average molecular weight is 372 g/mol. The third-order valence-electron chi connectivity index (χ3n) is 5.20. The van der Waals surface area contributed by atoms with E-state index < -0.39 is 0 Å². The molecule has 0 spiro atoms. The van der Waals surface area contributed by atoms with Crippen LogP contribution in [-0.2, 0) is 29.0 Å². The molecule has 6 nitrogen and oxygen atoms in total. The van der Waals surface area contributed by atoms with E-state index in [0.29, 0.717) is 32.5 Å². The van der Waals surface area contributed by atoms with Crippen LogP contribution in [0.2, 0.25) is 0 Å². The van der Waals surface area contributed by atoms with Gasteiger partial charge in [0.2, 0.25) is 5.91 Å². The van der Waals surface area contributed by atoms with Crippen molar-refractivity contribution in [1.82, 2.24) is 20.0 Å². The van der Waals surface area contributed by atoms with E-state index in [1.807, 2.05) is 4.90 Å². The fourth-order valence-electron chi connectivity index (χ4n) is 3.69. The minimum Gasteiger partial charge on any atom is -0.370 e. The third kappa shape index (κ3) is 4.36. The Morgan fingerprint density at radius 3 is 3.00 bits per heavy atom. The predicted molar refractivity (Wildman–Crippen MR) is 98.5 cm³/mol. The van der Waals surface area contributed by atoms with Crippen LogP contribution >= 0.6 is 0 Å². The number of morpholine rings is 1. The van der Waals surface area contributed by atoms with Gasteiger partial charge in [-0.3, -0.25) is 9.48 Å². The fourth-order valence-corrected chi connectivity index (χ4v) is 3.69. The van der Waals surface area contributed by atoms with Crippen LogP contribution < -0.4 is 5.32 Å². The van der Waals surface area contributed by atoms with Crippen LogP contribution in [0.25, 0.3) is 0 Å². The summed E-state index contributed by atoms with van der Waals surface area (Å²) in [5, 5.41) is 8.03. The minimum atomic E-state index is -0.267. The number of amides is 1. The molecule has 0 saturated carbocycles. The zero-order valence-corrected chi connectivity index (χ0v) is 15.4. The Morgan fingerprint density at radius 1 is 1.30 bits per heavy atom. The number of aromatic nitrogens is 2. The summed E-state index contributed by atoms with van der Waals surface area (Å²) in [5.74, 6) is -0.150. The van der Waals surface area contributed by atoms with E-state index in [0.717, 1.165) is 37.3 Å². The van der Waals surface area contributed by atoms with E-state index >= 15 is 0 Å². The summed E-state index contributed by atoms with van der Waals surface area (Å²) in [6, 6.07) is 8.40. The molecule has 3 heterocycles. The van der Waals surface area contributed by atoms with Crippen molar-refractivity contribution in [2.24, 2.45) is 0 Å². The zero-order valence-electron chi connectivity index (χ0n) is 15.4. The van der Waals surface area contributed by atoms with E-state index in [1.165, 1.54) is 17.8 Å². The number of fused-ring (bicyclic) bond motifs is 1.